The van der Waals surface area contributed by atoms with Gasteiger partial charge in [-0.1, -0.05) is 6.92 Å². The minimum Gasteiger partial charge on any atom is -0.378 e. The molecule has 1 fully saturated rings. The van der Waals surface area contributed by atoms with Crippen molar-refractivity contribution < 1.29 is 13.2 Å². The van der Waals surface area contributed by atoms with E-state index < -0.39 is 10.0 Å². The largest absolute Gasteiger partial charge is 0.378 e. The maximum Gasteiger partial charge on any atom is 0.260 e. The van der Waals surface area contributed by atoms with Crippen LogP contribution in [0.4, 0.5) is 0 Å². The van der Waals surface area contributed by atoms with Gasteiger partial charge in [0.05, 0.1) is 6.10 Å². The summed E-state index contributed by atoms with van der Waals surface area (Å²) < 4.78 is 32.8. The van der Waals surface area contributed by atoms with E-state index >= 15 is 0 Å². The molecule has 7 nitrogen and oxygen atoms in total. The van der Waals surface area contributed by atoms with Crippen LogP contribution < -0.4 is 10.0 Å². The molecule has 1 unspecified atom stereocenters. The number of rotatable bonds is 8. The average Bonchev–Trinajstić information content (AvgIpc) is 3.06. The summed E-state index contributed by atoms with van der Waals surface area (Å²) in [6, 6.07) is 0. The van der Waals surface area contributed by atoms with E-state index in [1.165, 1.54) is 0 Å². The summed E-state index contributed by atoms with van der Waals surface area (Å²) in [5.41, 5.74) is 1.47. The van der Waals surface area contributed by atoms with Crippen LogP contribution in [0.25, 0.3) is 0 Å². The van der Waals surface area contributed by atoms with Gasteiger partial charge >= 0.3 is 0 Å². The standard InChI is InChI=1S/C13H24N4O3S/c1-3-14-9-12-10(2)16-17-13(12)21(18,19)15-7-6-11-5-4-8-20-11/h11,14-15H,3-9H2,1-2H3,(H,16,17). The van der Waals surface area contributed by atoms with Gasteiger partial charge in [-0.15, -0.1) is 0 Å². The summed E-state index contributed by atoms with van der Waals surface area (Å²) in [6.07, 6.45) is 2.94. The Balaban J connectivity index is 1.97. The molecule has 0 spiro atoms. The van der Waals surface area contributed by atoms with Gasteiger partial charge < -0.3 is 10.1 Å². The summed E-state index contributed by atoms with van der Waals surface area (Å²) in [7, 11) is -3.58. The lowest BCUT2D eigenvalue weighted by Crippen LogP contribution is -2.29. The number of hydrogen-bond acceptors (Lipinski definition) is 5. The minimum atomic E-state index is -3.58. The maximum absolute atomic E-state index is 12.3. The second kappa shape index (κ2) is 7.35. The third-order valence-corrected chi connectivity index (χ3v) is 5.06. The molecule has 0 amide bonds. The highest BCUT2D eigenvalue weighted by atomic mass is 32.2. The first-order chi connectivity index (χ1) is 10.0. The summed E-state index contributed by atoms with van der Waals surface area (Å²) >= 11 is 0. The summed E-state index contributed by atoms with van der Waals surface area (Å²) in [6.45, 7) is 6.22. The predicted molar refractivity (Wildman–Crippen MR) is 79.5 cm³/mol. The van der Waals surface area contributed by atoms with Gasteiger partial charge in [-0.25, -0.2) is 13.1 Å². The van der Waals surface area contributed by atoms with E-state index in [1.54, 1.807) is 0 Å². The Bertz CT molecular complexity index is 550. The summed E-state index contributed by atoms with van der Waals surface area (Å²) in [4.78, 5) is 0. The molecule has 1 aliphatic heterocycles. The molecule has 2 rings (SSSR count). The molecule has 1 aliphatic rings. The van der Waals surface area contributed by atoms with Crippen LogP contribution in [0, 0.1) is 6.92 Å². The van der Waals surface area contributed by atoms with Crippen molar-refractivity contribution in [1.82, 2.24) is 20.2 Å². The molecular weight excluding hydrogens is 292 g/mol. The Labute approximate surface area is 125 Å². The van der Waals surface area contributed by atoms with Crippen LogP contribution in [0.1, 0.15) is 37.4 Å². The SMILES string of the molecule is CCNCc1c(S(=O)(=O)NCCC2CCCO2)n[nH]c1C. The molecule has 8 heteroatoms. The highest BCUT2D eigenvalue weighted by Crippen LogP contribution is 2.17. The molecule has 0 aliphatic carbocycles. The molecule has 3 N–H and O–H groups in total. The Hall–Kier alpha value is -0.960. The average molecular weight is 316 g/mol. The molecular formula is C13H24N4O3S. The monoisotopic (exact) mass is 316 g/mol. The van der Waals surface area contributed by atoms with Crippen LogP contribution in [0.3, 0.4) is 0 Å². The van der Waals surface area contributed by atoms with Gasteiger partial charge in [-0.2, -0.15) is 5.10 Å². The van der Waals surface area contributed by atoms with E-state index in [-0.39, 0.29) is 11.1 Å². The van der Waals surface area contributed by atoms with Crippen molar-refractivity contribution in [2.75, 3.05) is 19.7 Å². The molecule has 1 aromatic rings. The first-order valence-corrected chi connectivity index (χ1v) is 8.88. The number of ether oxygens (including phenoxy) is 1. The summed E-state index contributed by atoms with van der Waals surface area (Å²) in [5.74, 6) is 0. The second-order valence-electron chi connectivity index (χ2n) is 5.23. The van der Waals surface area contributed by atoms with E-state index in [4.69, 9.17) is 4.74 Å². The fourth-order valence-corrected chi connectivity index (χ4v) is 3.64. The molecule has 0 radical (unpaired) electrons. The number of H-pyrrole nitrogens is 1. The molecule has 120 valence electrons. The van der Waals surface area contributed by atoms with Crippen molar-refractivity contribution in [3.63, 3.8) is 0 Å². The second-order valence-corrected chi connectivity index (χ2v) is 6.92. The van der Waals surface area contributed by atoms with Gasteiger partial charge in [0.2, 0.25) is 0 Å². The van der Waals surface area contributed by atoms with Crippen molar-refractivity contribution in [2.24, 2.45) is 0 Å². The molecule has 0 bridgehead atoms. The number of aromatic nitrogens is 2. The number of aryl methyl sites for hydroxylation is 1. The van der Waals surface area contributed by atoms with Gasteiger partial charge in [0.1, 0.15) is 0 Å². The maximum atomic E-state index is 12.3. The molecule has 0 saturated carbocycles. The number of sulfonamides is 1. The van der Waals surface area contributed by atoms with Crippen molar-refractivity contribution >= 4 is 10.0 Å². The zero-order valence-electron chi connectivity index (χ0n) is 12.6. The first-order valence-electron chi connectivity index (χ1n) is 7.40. The number of hydrogen-bond donors (Lipinski definition) is 3. The quantitative estimate of drug-likeness (QED) is 0.655. The topological polar surface area (TPSA) is 96.1 Å². The third-order valence-electron chi connectivity index (χ3n) is 3.62. The number of aromatic amines is 1. The van der Waals surface area contributed by atoms with E-state index in [0.29, 0.717) is 25.1 Å². The third kappa shape index (κ3) is 4.26. The van der Waals surface area contributed by atoms with E-state index in [2.05, 4.69) is 20.2 Å². The van der Waals surface area contributed by atoms with Crippen molar-refractivity contribution in [3.05, 3.63) is 11.3 Å². The Kier molecular flexibility index (Phi) is 5.74. The zero-order chi connectivity index (χ0) is 15.3. The van der Waals surface area contributed by atoms with Crippen LogP contribution >= 0.6 is 0 Å². The number of nitrogens with zero attached hydrogens (tertiary/aromatic N) is 1. The fourth-order valence-electron chi connectivity index (χ4n) is 2.41. The van der Waals surface area contributed by atoms with Gasteiger partial charge in [0, 0.05) is 31.0 Å². The Morgan fingerprint density at radius 2 is 2.29 bits per heavy atom. The first kappa shape index (κ1) is 16.4. The molecule has 1 saturated heterocycles. The minimum absolute atomic E-state index is 0.0910. The van der Waals surface area contributed by atoms with Crippen LogP contribution in [0.2, 0.25) is 0 Å². The van der Waals surface area contributed by atoms with Crippen LogP contribution in [-0.4, -0.2) is 44.4 Å². The normalized spacial score (nSPS) is 19.2. The van der Waals surface area contributed by atoms with Gasteiger partial charge in [0.15, 0.2) is 5.03 Å². The fraction of sp³-hybridized carbons (Fsp3) is 0.769. The van der Waals surface area contributed by atoms with E-state index in [1.807, 2.05) is 13.8 Å². The van der Waals surface area contributed by atoms with E-state index in [9.17, 15) is 8.42 Å². The van der Waals surface area contributed by atoms with Crippen LogP contribution in [-0.2, 0) is 21.3 Å². The highest BCUT2D eigenvalue weighted by Gasteiger charge is 2.24. The van der Waals surface area contributed by atoms with Crippen LogP contribution in [0.15, 0.2) is 5.03 Å². The predicted octanol–water partition coefficient (Wildman–Crippen LogP) is 0.675. The lowest BCUT2D eigenvalue weighted by Gasteiger charge is -2.10. The smallest absolute Gasteiger partial charge is 0.260 e. The molecule has 2 heterocycles. The van der Waals surface area contributed by atoms with Crippen LogP contribution in [0.5, 0.6) is 0 Å². The summed E-state index contributed by atoms with van der Waals surface area (Å²) in [5, 5.41) is 9.92. The lowest BCUT2D eigenvalue weighted by molar-refractivity contribution is 0.105. The Morgan fingerprint density at radius 1 is 1.48 bits per heavy atom. The molecule has 1 aromatic heterocycles. The van der Waals surface area contributed by atoms with Crippen molar-refractivity contribution in [1.29, 1.82) is 0 Å². The van der Waals surface area contributed by atoms with Gasteiger partial charge in [-0.3, -0.25) is 5.10 Å². The lowest BCUT2D eigenvalue weighted by atomic mass is 10.2. The van der Waals surface area contributed by atoms with E-state index in [0.717, 1.165) is 31.7 Å². The zero-order valence-corrected chi connectivity index (χ0v) is 13.4. The number of nitrogens with one attached hydrogen (secondary N) is 3. The highest BCUT2D eigenvalue weighted by molar-refractivity contribution is 7.89. The molecule has 1 atom stereocenters. The Morgan fingerprint density at radius 3 is 2.95 bits per heavy atom. The molecule has 21 heavy (non-hydrogen) atoms. The van der Waals surface area contributed by atoms with Gasteiger partial charge in [0.25, 0.3) is 10.0 Å². The van der Waals surface area contributed by atoms with Gasteiger partial charge in [-0.05, 0) is 32.7 Å². The van der Waals surface area contributed by atoms with Crippen molar-refractivity contribution in [2.45, 2.75) is 50.8 Å². The molecule has 0 aromatic carbocycles. The van der Waals surface area contributed by atoms with Crippen molar-refractivity contribution in [3.8, 4) is 0 Å².